The lowest BCUT2D eigenvalue weighted by Gasteiger charge is -2.22. The van der Waals surface area contributed by atoms with Gasteiger partial charge >= 0.3 is 0 Å². The van der Waals surface area contributed by atoms with Gasteiger partial charge in [-0.15, -0.1) is 0 Å². The summed E-state index contributed by atoms with van der Waals surface area (Å²) in [5, 5.41) is 4.81. The SMILES string of the molecule is CC1(C)c2cccc3c2-c2c1ccc1c4cc(-c5nc(-c6cccc(-c7ccc8ccccc8c7)c6)nc(-c6cc(-c7ccccc7)cc(-c7ccccc7)c6)n5)ccc4n(c21)-c1ccccc1-3. The van der Waals surface area contributed by atoms with E-state index in [1.54, 1.807) is 0 Å². The third-order valence-corrected chi connectivity index (χ3v) is 14.5. The first-order chi connectivity index (χ1) is 33.4. The van der Waals surface area contributed by atoms with Gasteiger partial charge in [-0.1, -0.05) is 178 Å². The third-order valence-electron chi connectivity index (χ3n) is 14.5. The van der Waals surface area contributed by atoms with Crippen LogP contribution in [0, 0.1) is 0 Å². The molecule has 0 radical (unpaired) electrons. The smallest absolute Gasteiger partial charge is 0.164 e. The Bertz CT molecular complexity index is 3990. The maximum Gasteiger partial charge on any atom is 0.164 e. The molecule has 12 aromatic rings. The number of rotatable bonds is 6. The first-order valence-corrected chi connectivity index (χ1v) is 23.4. The minimum Gasteiger partial charge on any atom is -0.308 e. The molecule has 0 unspecified atom stereocenters. The van der Waals surface area contributed by atoms with E-state index < -0.39 is 0 Å². The molecular weight excluding hydrogens is 825 g/mol. The molecule has 4 heteroatoms. The van der Waals surface area contributed by atoms with Gasteiger partial charge in [-0.2, -0.15) is 0 Å². The zero-order valence-corrected chi connectivity index (χ0v) is 37.6. The van der Waals surface area contributed by atoms with Crippen LogP contribution in [-0.4, -0.2) is 19.5 Å². The van der Waals surface area contributed by atoms with Crippen LogP contribution in [0.4, 0.5) is 0 Å². The largest absolute Gasteiger partial charge is 0.308 e. The van der Waals surface area contributed by atoms with Crippen LogP contribution in [0.25, 0.3) is 128 Å². The highest BCUT2D eigenvalue weighted by Crippen LogP contribution is 2.58. The molecule has 14 rings (SSSR count). The Kier molecular flexibility index (Phi) is 8.29. The number of aromatic nitrogens is 4. The maximum atomic E-state index is 5.42. The van der Waals surface area contributed by atoms with Crippen LogP contribution in [0.15, 0.2) is 218 Å². The number of nitrogens with zero attached hydrogens (tertiary/aromatic N) is 4. The van der Waals surface area contributed by atoms with Crippen LogP contribution in [0.2, 0.25) is 0 Å². The first-order valence-electron chi connectivity index (χ1n) is 23.4. The number of benzene rings is 10. The molecule has 10 aromatic carbocycles. The Hall–Kier alpha value is -8.73. The second-order valence-corrected chi connectivity index (χ2v) is 18.8. The molecule has 4 nitrogen and oxygen atoms in total. The molecule has 0 N–H and O–H groups in total. The fourth-order valence-electron chi connectivity index (χ4n) is 11.2. The standard InChI is InChI=1S/C64H42N4/c1-64(2)54-25-14-24-51-50-23-11-12-26-56(50)68-57-32-29-46(38-53(57)52-30-31-55(64)59(58(51)54)60(52)68)62-65-61(45-22-13-21-43(34-45)44-28-27-41-19-9-10-20-42(41)33-44)66-63(67-62)49-36-47(39-15-5-3-6-16-39)35-48(37-49)40-17-7-4-8-18-40/h3-38H,1-2H3. The molecule has 0 spiro atoms. The fourth-order valence-corrected chi connectivity index (χ4v) is 11.2. The summed E-state index contributed by atoms with van der Waals surface area (Å²) in [5.74, 6) is 1.86. The molecule has 3 heterocycles. The maximum absolute atomic E-state index is 5.42. The van der Waals surface area contributed by atoms with Gasteiger partial charge in [0.25, 0.3) is 0 Å². The number of fused-ring (bicyclic) bond motifs is 7. The van der Waals surface area contributed by atoms with Crippen molar-refractivity contribution in [1.82, 2.24) is 19.5 Å². The van der Waals surface area contributed by atoms with Crippen LogP contribution in [-0.2, 0) is 5.41 Å². The van der Waals surface area contributed by atoms with Gasteiger partial charge in [0.05, 0.1) is 16.7 Å². The van der Waals surface area contributed by atoms with Gasteiger partial charge in [0.15, 0.2) is 17.5 Å². The molecule has 1 aliphatic heterocycles. The van der Waals surface area contributed by atoms with Crippen molar-refractivity contribution in [3.63, 3.8) is 0 Å². The Balaban J connectivity index is 1.00. The number of hydrogen-bond acceptors (Lipinski definition) is 3. The highest BCUT2D eigenvalue weighted by Gasteiger charge is 2.40. The van der Waals surface area contributed by atoms with Crippen LogP contribution in [0.5, 0.6) is 0 Å². The van der Waals surface area contributed by atoms with Crippen molar-refractivity contribution in [2.75, 3.05) is 0 Å². The molecule has 0 saturated heterocycles. The molecule has 0 saturated carbocycles. The van der Waals surface area contributed by atoms with Gasteiger partial charge in [0, 0.05) is 44.0 Å². The Morgan fingerprint density at radius 1 is 0.338 bits per heavy atom. The molecule has 0 bridgehead atoms. The van der Waals surface area contributed by atoms with E-state index in [1.807, 2.05) is 0 Å². The molecule has 0 amide bonds. The van der Waals surface area contributed by atoms with Crippen molar-refractivity contribution < 1.29 is 0 Å². The van der Waals surface area contributed by atoms with Gasteiger partial charge in [-0.05, 0) is 121 Å². The van der Waals surface area contributed by atoms with Crippen molar-refractivity contribution >= 4 is 32.6 Å². The monoisotopic (exact) mass is 866 g/mol. The Morgan fingerprint density at radius 3 is 1.65 bits per heavy atom. The van der Waals surface area contributed by atoms with Gasteiger partial charge in [0.2, 0.25) is 0 Å². The second-order valence-electron chi connectivity index (χ2n) is 18.8. The average molecular weight is 867 g/mol. The first kappa shape index (κ1) is 38.5. The van der Waals surface area contributed by atoms with Crippen LogP contribution in [0.3, 0.4) is 0 Å². The summed E-state index contributed by atoms with van der Waals surface area (Å²) in [7, 11) is 0. The highest BCUT2D eigenvalue weighted by atomic mass is 15.0. The van der Waals surface area contributed by atoms with E-state index in [0.29, 0.717) is 17.5 Å². The summed E-state index contributed by atoms with van der Waals surface area (Å²) in [6.45, 7) is 4.75. The Labute approximate surface area is 394 Å². The molecule has 1 aliphatic carbocycles. The van der Waals surface area contributed by atoms with E-state index >= 15 is 0 Å². The highest BCUT2D eigenvalue weighted by molar-refractivity contribution is 6.19. The van der Waals surface area contributed by atoms with E-state index in [1.165, 1.54) is 66.1 Å². The van der Waals surface area contributed by atoms with Gasteiger partial charge in [0.1, 0.15) is 0 Å². The average Bonchev–Trinajstić information content (AvgIpc) is 3.81. The van der Waals surface area contributed by atoms with Crippen molar-refractivity contribution in [3.05, 3.63) is 230 Å². The molecular formula is C64H42N4. The van der Waals surface area contributed by atoms with Crippen molar-refractivity contribution in [1.29, 1.82) is 0 Å². The summed E-state index contributed by atoms with van der Waals surface area (Å²) in [4.78, 5) is 16.2. The summed E-state index contributed by atoms with van der Waals surface area (Å²) in [5.41, 5.74) is 21.0. The number of hydrogen-bond donors (Lipinski definition) is 0. The lowest BCUT2D eigenvalue weighted by atomic mass is 9.81. The van der Waals surface area contributed by atoms with Crippen molar-refractivity contribution in [2.24, 2.45) is 0 Å². The molecule has 0 atom stereocenters. The minimum atomic E-state index is -0.130. The Morgan fingerprint density at radius 2 is 0.882 bits per heavy atom. The lowest BCUT2D eigenvalue weighted by molar-refractivity contribution is 0.661. The van der Waals surface area contributed by atoms with E-state index in [2.05, 4.69) is 237 Å². The summed E-state index contributed by atoms with van der Waals surface area (Å²) in [6.07, 6.45) is 0. The van der Waals surface area contributed by atoms with E-state index in [4.69, 9.17) is 15.0 Å². The summed E-state index contributed by atoms with van der Waals surface area (Å²) < 4.78 is 2.51. The van der Waals surface area contributed by atoms with E-state index in [0.717, 1.165) is 55.6 Å². The van der Waals surface area contributed by atoms with Crippen LogP contribution < -0.4 is 0 Å². The normalized spacial score (nSPS) is 13.0. The zero-order valence-electron chi connectivity index (χ0n) is 37.6. The number of para-hydroxylation sites is 1. The van der Waals surface area contributed by atoms with Gasteiger partial charge < -0.3 is 4.57 Å². The van der Waals surface area contributed by atoms with Crippen LogP contribution in [0.1, 0.15) is 25.0 Å². The molecule has 2 aromatic heterocycles. The van der Waals surface area contributed by atoms with Crippen LogP contribution >= 0.6 is 0 Å². The van der Waals surface area contributed by atoms with Crippen molar-refractivity contribution in [3.8, 4) is 95.5 Å². The molecule has 0 fully saturated rings. The zero-order chi connectivity index (χ0) is 45.1. The predicted molar refractivity (Wildman–Crippen MR) is 281 cm³/mol. The third kappa shape index (κ3) is 5.84. The quantitative estimate of drug-likeness (QED) is 0.167. The minimum absolute atomic E-state index is 0.130. The topological polar surface area (TPSA) is 43.6 Å². The van der Waals surface area contributed by atoms with E-state index in [-0.39, 0.29) is 5.41 Å². The lowest BCUT2D eigenvalue weighted by Crippen LogP contribution is -2.15. The van der Waals surface area contributed by atoms with Gasteiger partial charge in [-0.3, -0.25) is 0 Å². The summed E-state index contributed by atoms with van der Waals surface area (Å²) >= 11 is 0. The predicted octanol–water partition coefficient (Wildman–Crippen LogP) is 16.4. The molecule has 68 heavy (non-hydrogen) atoms. The molecule has 318 valence electrons. The van der Waals surface area contributed by atoms with Gasteiger partial charge in [-0.25, -0.2) is 15.0 Å². The fraction of sp³-hybridized carbons (Fsp3) is 0.0469. The second kappa shape index (κ2) is 14.6. The molecule has 2 aliphatic rings. The van der Waals surface area contributed by atoms with E-state index in [9.17, 15) is 0 Å². The summed E-state index contributed by atoms with van der Waals surface area (Å²) in [6, 6.07) is 78.9. The van der Waals surface area contributed by atoms with Crippen molar-refractivity contribution in [2.45, 2.75) is 19.3 Å².